The van der Waals surface area contributed by atoms with E-state index >= 15 is 4.39 Å². The van der Waals surface area contributed by atoms with Crippen molar-refractivity contribution in [1.29, 1.82) is 0 Å². The molecule has 39 heavy (non-hydrogen) atoms. The summed E-state index contributed by atoms with van der Waals surface area (Å²) in [5, 5.41) is 0.259. The number of nitrogens with two attached hydrogens (primary N) is 1. The Morgan fingerprint density at radius 2 is 1.74 bits per heavy atom. The number of thioether (sulfide) groups is 1. The van der Waals surface area contributed by atoms with Crippen molar-refractivity contribution in [3.05, 3.63) is 111 Å². The molecule has 2 N–H and O–H groups in total. The predicted molar refractivity (Wildman–Crippen MR) is 149 cm³/mol. The molecule has 8 nitrogen and oxygen atoms in total. The van der Waals surface area contributed by atoms with Crippen LogP contribution in [-0.4, -0.2) is 36.7 Å². The van der Waals surface area contributed by atoms with Crippen molar-refractivity contribution >= 4 is 21.6 Å². The van der Waals surface area contributed by atoms with E-state index in [1.54, 1.807) is 48.5 Å². The third-order valence-electron chi connectivity index (χ3n) is 6.76. The summed E-state index contributed by atoms with van der Waals surface area (Å²) in [6.45, 7) is -0.161. The Morgan fingerprint density at radius 3 is 2.44 bits per heavy atom. The van der Waals surface area contributed by atoms with Crippen molar-refractivity contribution < 1.29 is 17.5 Å². The number of rotatable bonds is 7. The summed E-state index contributed by atoms with van der Waals surface area (Å²) in [5.74, 6) is -0.515. The molecule has 0 bridgehead atoms. The smallest absolute Gasteiger partial charge is 0.332 e. The minimum Gasteiger partial charge on any atom is -0.494 e. The maximum atomic E-state index is 15.5. The van der Waals surface area contributed by atoms with Gasteiger partial charge >= 0.3 is 5.69 Å². The fourth-order valence-electron chi connectivity index (χ4n) is 4.88. The minimum absolute atomic E-state index is 0.00408. The van der Waals surface area contributed by atoms with E-state index in [1.807, 2.05) is 6.07 Å². The molecule has 0 saturated carbocycles. The van der Waals surface area contributed by atoms with E-state index in [0.717, 1.165) is 16.4 Å². The van der Waals surface area contributed by atoms with Crippen molar-refractivity contribution in [2.45, 2.75) is 28.5 Å². The van der Waals surface area contributed by atoms with Gasteiger partial charge in [-0.15, -0.1) is 11.8 Å². The van der Waals surface area contributed by atoms with Gasteiger partial charge in [0, 0.05) is 23.6 Å². The number of benzene rings is 3. The van der Waals surface area contributed by atoms with Gasteiger partial charge in [-0.3, -0.25) is 13.9 Å². The molecule has 2 heterocycles. The van der Waals surface area contributed by atoms with E-state index in [2.05, 4.69) is 0 Å². The molecule has 0 amide bonds. The molecular formula is C28H26FN3O5S2. The van der Waals surface area contributed by atoms with Gasteiger partial charge in [0.25, 0.3) is 5.56 Å². The Kier molecular flexibility index (Phi) is 7.23. The number of ether oxygens (including phenoxy) is 1. The van der Waals surface area contributed by atoms with Crippen LogP contribution in [0, 0.1) is 5.82 Å². The summed E-state index contributed by atoms with van der Waals surface area (Å²) in [6, 6.07) is 18.5. The number of fused-ring (bicyclic) bond motifs is 1. The summed E-state index contributed by atoms with van der Waals surface area (Å²) in [6.07, 6.45) is 1.11. The van der Waals surface area contributed by atoms with E-state index in [0.29, 0.717) is 5.56 Å². The molecular weight excluding hydrogens is 541 g/mol. The van der Waals surface area contributed by atoms with Crippen molar-refractivity contribution in [2.75, 3.05) is 19.1 Å². The maximum Gasteiger partial charge on any atom is 0.332 e. The molecule has 1 aromatic heterocycles. The van der Waals surface area contributed by atoms with Gasteiger partial charge in [-0.25, -0.2) is 17.6 Å². The van der Waals surface area contributed by atoms with Crippen LogP contribution >= 0.6 is 11.8 Å². The average Bonchev–Trinajstić information content (AvgIpc) is 3.37. The summed E-state index contributed by atoms with van der Waals surface area (Å²) >= 11 is 1.20. The zero-order chi connectivity index (χ0) is 27.9. The van der Waals surface area contributed by atoms with E-state index in [-0.39, 0.29) is 39.1 Å². The van der Waals surface area contributed by atoms with Gasteiger partial charge in [-0.2, -0.15) is 0 Å². The van der Waals surface area contributed by atoms with Gasteiger partial charge in [0.1, 0.15) is 0 Å². The van der Waals surface area contributed by atoms with E-state index in [4.69, 9.17) is 10.5 Å². The van der Waals surface area contributed by atoms with E-state index in [1.165, 1.54) is 41.6 Å². The Morgan fingerprint density at radius 1 is 1.05 bits per heavy atom. The average molecular weight is 568 g/mol. The monoisotopic (exact) mass is 567 g/mol. The molecule has 1 aliphatic rings. The molecule has 1 aliphatic heterocycles. The van der Waals surface area contributed by atoms with Crippen LogP contribution in [0.2, 0.25) is 0 Å². The van der Waals surface area contributed by atoms with Gasteiger partial charge in [0.2, 0.25) is 0 Å². The van der Waals surface area contributed by atoms with Crippen LogP contribution in [0.5, 0.6) is 5.75 Å². The van der Waals surface area contributed by atoms with Gasteiger partial charge < -0.3 is 10.5 Å². The molecule has 0 spiro atoms. The van der Waals surface area contributed by atoms with Crippen molar-refractivity contribution in [3.63, 3.8) is 0 Å². The maximum absolute atomic E-state index is 15.5. The SMILES string of the molecule is COc1cccc(-c2c3n(c(=O)n(CC(N)c4ccccc4)c2=O)C(c2ccccc2S(C)(=O)=O)CS3)c1F. The molecule has 2 unspecified atom stereocenters. The lowest BCUT2D eigenvalue weighted by atomic mass is 10.0. The molecule has 3 aromatic carbocycles. The largest absolute Gasteiger partial charge is 0.494 e. The van der Waals surface area contributed by atoms with Crippen molar-refractivity contribution in [3.8, 4) is 16.9 Å². The van der Waals surface area contributed by atoms with Crippen molar-refractivity contribution in [1.82, 2.24) is 9.13 Å². The molecule has 11 heteroatoms. The number of methoxy groups -OCH3 is 1. The highest BCUT2D eigenvalue weighted by molar-refractivity contribution is 7.99. The highest BCUT2D eigenvalue weighted by Crippen LogP contribution is 2.42. The first-order valence-electron chi connectivity index (χ1n) is 12.1. The van der Waals surface area contributed by atoms with Gasteiger partial charge in [-0.1, -0.05) is 60.7 Å². The molecule has 4 aromatic rings. The Balaban J connectivity index is 1.79. The lowest BCUT2D eigenvalue weighted by molar-refractivity contribution is 0.387. The topological polar surface area (TPSA) is 113 Å². The number of hydrogen-bond donors (Lipinski definition) is 1. The Bertz CT molecular complexity index is 1790. The van der Waals surface area contributed by atoms with Crippen LogP contribution in [0.15, 0.2) is 92.3 Å². The van der Waals surface area contributed by atoms with Gasteiger partial charge in [0.05, 0.1) is 35.2 Å². The standard InChI is InChI=1S/C28H26FN3O5S2/c1-37-22-13-8-12-19(25(22)29)24-26(33)31(15-20(30)17-9-4-3-5-10-17)28(34)32-21(16-38-27(24)32)18-11-6-7-14-23(18)39(2,35)36/h3-14,20-21H,15-16,30H2,1-2H3. The fourth-order valence-corrected chi connectivity index (χ4v) is 7.17. The summed E-state index contributed by atoms with van der Waals surface area (Å²) < 4.78 is 48.3. The lowest BCUT2D eigenvalue weighted by Gasteiger charge is -2.21. The summed E-state index contributed by atoms with van der Waals surface area (Å²) in [5.41, 5.74) is 6.20. The summed E-state index contributed by atoms with van der Waals surface area (Å²) in [4.78, 5) is 28.0. The molecule has 0 fully saturated rings. The van der Waals surface area contributed by atoms with E-state index in [9.17, 15) is 18.0 Å². The normalized spacial score (nSPS) is 15.6. The van der Waals surface area contributed by atoms with Crippen LogP contribution in [0.25, 0.3) is 11.1 Å². The van der Waals surface area contributed by atoms with Crippen LogP contribution < -0.4 is 21.7 Å². The summed E-state index contributed by atoms with van der Waals surface area (Å²) in [7, 11) is -2.30. The Labute approximate surface area is 228 Å². The van der Waals surface area contributed by atoms with Crippen LogP contribution in [0.1, 0.15) is 23.2 Å². The molecule has 2 atom stereocenters. The molecule has 5 rings (SSSR count). The molecule has 0 saturated heterocycles. The number of halogens is 1. The van der Waals surface area contributed by atoms with Crippen LogP contribution in [0.3, 0.4) is 0 Å². The number of nitrogens with zero attached hydrogens (tertiary/aromatic N) is 2. The third kappa shape index (κ3) is 4.81. The van der Waals surface area contributed by atoms with E-state index < -0.39 is 39.0 Å². The number of hydrogen-bond acceptors (Lipinski definition) is 7. The van der Waals surface area contributed by atoms with Crippen molar-refractivity contribution in [2.24, 2.45) is 5.73 Å². The molecule has 202 valence electrons. The first kappa shape index (κ1) is 26.9. The quantitative estimate of drug-likeness (QED) is 0.340. The Hall–Kier alpha value is -3.67. The number of aromatic nitrogens is 2. The molecule has 0 radical (unpaired) electrons. The highest BCUT2D eigenvalue weighted by atomic mass is 32.2. The zero-order valence-corrected chi connectivity index (χ0v) is 22.8. The lowest BCUT2D eigenvalue weighted by Crippen LogP contribution is -2.44. The second-order valence-electron chi connectivity index (χ2n) is 9.22. The first-order valence-corrected chi connectivity index (χ1v) is 15.0. The number of sulfone groups is 1. The second-order valence-corrected chi connectivity index (χ2v) is 12.2. The van der Waals surface area contributed by atoms with Crippen LogP contribution in [0.4, 0.5) is 4.39 Å². The zero-order valence-electron chi connectivity index (χ0n) is 21.2. The highest BCUT2D eigenvalue weighted by Gasteiger charge is 2.35. The van der Waals surface area contributed by atoms with Gasteiger partial charge in [-0.05, 0) is 23.3 Å². The molecule has 0 aliphatic carbocycles. The predicted octanol–water partition coefficient (Wildman–Crippen LogP) is 3.62. The first-order chi connectivity index (χ1) is 18.6. The second kappa shape index (κ2) is 10.5. The minimum atomic E-state index is -3.63. The third-order valence-corrected chi connectivity index (χ3v) is 9.08. The van der Waals surface area contributed by atoms with Crippen LogP contribution in [-0.2, 0) is 16.4 Å². The van der Waals surface area contributed by atoms with Gasteiger partial charge in [0.15, 0.2) is 21.4 Å². The fraction of sp³-hybridized carbons (Fsp3) is 0.214.